The molecule has 0 aliphatic carbocycles. The van der Waals surface area contributed by atoms with Crippen LogP contribution in [0.15, 0.2) is 48.5 Å². The number of hydrogen-bond donors (Lipinski definition) is 1. The van der Waals surface area contributed by atoms with Crippen molar-refractivity contribution < 1.29 is 4.79 Å². The van der Waals surface area contributed by atoms with Crippen LogP contribution >= 0.6 is 34.5 Å². The smallest absolute Gasteiger partial charge is 0.230 e. The summed E-state index contributed by atoms with van der Waals surface area (Å²) in [5.41, 5.74) is 3.23. The average molecular weight is 432 g/mol. The second-order valence-corrected chi connectivity index (χ2v) is 8.71. The molecule has 1 aliphatic heterocycles. The maximum absolute atomic E-state index is 12.4. The van der Waals surface area contributed by atoms with E-state index < -0.39 is 0 Å². The first kappa shape index (κ1) is 19.4. The number of thiazole rings is 1. The van der Waals surface area contributed by atoms with Crippen molar-refractivity contribution in [2.24, 2.45) is 0 Å². The summed E-state index contributed by atoms with van der Waals surface area (Å²) in [4.78, 5) is 20.6. The molecule has 2 heterocycles. The first-order chi connectivity index (χ1) is 13.6. The number of amides is 1. The largest absolute Gasteiger partial charge is 0.302 e. The SMILES string of the molecule is O=C(Cc1ccc(Cl)c(Cl)c1)Nc1nc2c(s1)CN(Cc1ccccc1)CC2. The van der Waals surface area contributed by atoms with Crippen LogP contribution in [0.5, 0.6) is 0 Å². The summed E-state index contributed by atoms with van der Waals surface area (Å²) < 4.78 is 0. The van der Waals surface area contributed by atoms with E-state index in [0.29, 0.717) is 15.2 Å². The lowest BCUT2D eigenvalue weighted by molar-refractivity contribution is -0.115. The van der Waals surface area contributed by atoms with Crippen molar-refractivity contribution in [3.63, 3.8) is 0 Å². The topological polar surface area (TPSA) is 45.2 Å². The molecule has 4 rings (SSSR count). The molecule has 1 aliphatic rings. The summed E-state index contributed by atoms with van der Waals surface area (Å²) in [6, 6.07) is 15.7. The monoisotopic (exact) mass is 431 g/mol. The highest BCUT2D eigenvalue weighted by Crippen LogP contribution is 2.29. The summed E-state index contributed by atoms with van der Waals surface area (Å²) >= 11 is 13.5. The first-order valence-electron chi connectivity index (χ1n) is 9.05. The lowest BCUT2D eigenvalue weighted by Crippen LogP contribution is -2.29. The molecule has 0 spiro atoms. The molecule has 28 heavy (non-hydrogen) atoms. The van der Waals surface area contributed by atoms with Gasteiger partial charge in [0, 0.05) is 30.9 Å². The highest BCUT2D eigenvalue weighted by Gasteiger charge is 2.21. The summed E-state index contributed by atoms with van der Waals surface area (Å²) in [6.45, 7) is 2.77. The number of benzene rings is 2. The molecule has 4 nitrogen and oxygen atoms in total. The molecular formula is C21H19Cl2N3OS. The van der Waals surface area contributed by atoms with Crippen LogP contribution in [0.25, 0.3) is 0 Å². The van der Waals surface area contributed by atoms with E-state index in [2.05, 4.69) is 39.5 Å². The highest BCUT2D eigenvalue weighted by atomic mass is 35.5. The van der Waals surface area contributed by atoms with Crippen LogP contribution < -0.4 is 5.32 Å². The number of rotatable bonds is 5. The lowest BCUT2D eigenvalue weighted by Gasteiger charge is -2.25. The summed E-state index contributed by atoms with van der Waals surface area (Å²) in [5.74, 6) is -0.106. The third-order valence-corrected chi connectivity index (χ3v) is 6.39. The molecule has 0 atom stereocenters. The van der Waals surface area contributed by atoms with E-state index in [1.807, 2.05) is 12.1 Å². The normalized spacial score (nSPS) is 13.9. The van der Waals surface area contributed by atoms with E-state index in [0.717, 1.165) is 37.3 Å². The Balaban J connectivity index is 1.37. The van der Waals surface area contributed by atoms with Gasteiger partial charge in [-0.05, 0) is 23.3 Å². The number of nitrogens with zero attached hydrogens (tertiary/aromatic N) is 2. The Labute approximate surface area is 178 Å². The van der Waals surface area contributed by atoms with Crippen molar-refractivity contribution >= 4 is 45.6 Å². The quantitative estimate of drug-likeness (QED) is 0.604. The van der Waals surface area contributed by atoms with Gasteiger partial charge in [-0.3, -0.25) is 9.69 Å². The van der Waals surface area contributed by atoms with Gasteiger partial charge in [-0.1, -0.05) is 59.6 Å². The number of nitrogens with one attached hydrogen (secondary N) is 1. The van der Waals surface area contributed by atoms with E-state index in [9.17, 15) is 4.79 Å². The standard InChI is InChI=1S/C21H19Cl2N3OS/c22-16-7-6-15(10-17(16)23)11-20(27)25-21-24-18-8-9-26(13-19(18)28-21)12-14-4-2-1-3-5-14/h1-7,10H,8-9,11-13H2,(H,24,25,27). The van der Waals surface area contributed by atoms with E-state index in [-0.39, 0.29) is 12.3 Å². The highest BCUT2D eigenvalue weighted by molar-refractivity contribution is 7.15. The minimum atomic E-state index is -0.106. The van der Waals surface area contributed by atoms with Crippen molar-refractivity contribution in [1.82, 2.24) is 9.88 Å². The van der Waals surface area contributed by atoms with Crippen molar-refractivity contribution in [3.05, 3.63) is 80.3 Å². The molecule has 0 bridgehead atoms. The first-order valence-corrected chi connectivity index (χ1v) is 10.6. The summed E-state index contributed by atoms with van der Waals surface area (Å²) in [5, 5.41) is 4.52. The van der Waals surface area contributed by atoms with E-state index in [1.54, 1.807) is 23.5 Å². The Bertz CT molecular complexity index is 991. The Morgan fingerprint density at radius 1 is 1.11 bits per heavy atom. The number of halogens is 2. The molecule has 2 aromatic carbocycles. The Morgan fingerprint density at radius 3 is 2.71 bits per heavy atom. The zero-order valence-electron chi connectivity index (χ0n) is 15.1. The van der Waals surface area contributed by atoms with Crippen LogP contribution in [0.1, 0.15) is 21.7 Å². The van der Waals surface area contributed by atoms with Gasteiger partial charge in [-0.25, -0.2) is 4.98 Å². The predicted molar refractivity (Wildman–Crippen MR) is 115 cm³/mol. The van der Waals surface area contributed by atoms with Gasteiger partial charge < -0.3 is 5.32 Å². The molecule has 0 saturated heterocycles. The van der Waals surface area contributed by atoms with Gasteiger partial charge in [0.25, 0.3) is 0 Å². The molecule has 144 valence electrons. The molecule has 1 aromatic heterocycles. The number of hydrogen-bond acceptors (Lipinski definition) is 4. The number of aromatic nitrogens is 1. The number of carbonyl (C=O) groups excluding carboxylic acids is 1. The molecule has 0 fully saturated rings. The fourth-order valence-corrected chi connectivity index (χ4v) is 4.66. The summed E-state index contributed by atoms with van der Waals surface area (Å²) in [6.07, 6.45) is 1.14. The Kier molecular flexibility index (Phi) is 5.97. The van der Waals surface area contributed by atoms with Crippen LogP contribution in [0.3, 0.4) is 0 Å². The van der Waals surface area contributed by atoms with Gasteiger partial charge in [0.15, 0.2) is 5.13 Å². The zero-order valence-corrected chi connectivity index (χ0v) is 17.4. The van der Waals surface area contributed by atoms with Crippen molar-refractivity contribution in [3.8, 4) is 0 Å². The van der Waals surface area contributed by atoms with Crippen LogP contribution in [0, 0.1) is 0 Å². The predicted octanol–water partition coefficient (Wildman–Crippen LogP) is 5.19. The Morgan fingerprint density at radius 2 is 1.93 bits per heavy atom. The van der Waals surface area contributed by atoms with Gasteiger partial charge in [0.2, 0.25) is 5.91 Å². The molecular weight excluding hydrogens is 413 g/mol. The van der Waals surface area contributed by atoms with E-state index >= 15 is 0 Å². The zero-order chi connectivity index (χ0) is 19.5. The molecule has 3 aromatic rings. The fraction of sp³-hybridized carbons (Fsp3) is 0.238. The lowest BCUT2D eigenvalue weighted by atomic mass is 10.1. The number of fused-ring (bicyclic) bond motifs is 1. The van der Waals surface area contributed by atoms with Crippen LogP contribution in [-0.4, -0.2) is 22.3 Å². The van der Waals surface area contributed by atoms with Gasteiger partial charge >= 0.3 is 0 Å². The van der Waals surface area contributed by atoms with Crippen molar-refractivity contribution in [2.75, 3.05) is 11.9 Å². The molecule has 1 N–H and O–H groups in total. The van der Waals surface area contributed by atoms with Crippen molar-refractivity contribution in [2.45, 2.75) is 25.9 Å². The van der Waals surface area contributed by atoms with E-state index in [1.165, 1.54) is 10.4 Å². The molecule has 0 saturated carbocycles. The van der Waals surface area contributed by atoms with Gasteiger partial charge in [0.1, 0.15) is 0 Å². The molecule has 1 amide bonds. The second kappa shape index (κ2) is 8.62. The van der Waals surface area contributed by atoms with Gasteiger partial charge in [0.05, 0.1) is 22.2 Å². The van der Waals surface area contributed by atoms with Gasteiger partial charge in [-0.2, -0.15) is 0 Å². The van der Waals surface area contributed by atoms with Crippen LogP contribution in [-0.2, 0) is 30.7 Å². The third-order valence-electron chi connectivity index (χ3n) is 4.65. The third kappa shape index (κ3) is 4.73. The van der Waals surface area contributed by atoms with Crippen molar-refractivity contribution in [1.29, 1.82) is 0 Å². The molecule has 0 radical (unpaired) electrons. The van der Waals surface area contributed by atoms with Crippen LogP contribution in [0.2, 0.25) is 10.0 Å². The minimum absolute atomic E-state index is 0.106. The average Bonchev–Trinajstić information content (AvgIpc) is 3.07. The Hall–Kier alpha value is -1.92. The maximum atomic E-state index is 12.4. The molecule has 0 unspecified atom stereocenters. The van der Waals surface area contributed by atoms with Crippen LogP contribution in [0.4, 0.5) is 5.13 Å². The summed E-state index contributed by atoms with van der Waals surface area (Å²) in [7, 11) is 0. The molecule has 7 heteroatoms. The fourth-order valence-electron chi connectivity index (χ4n) is 3.28. The maximum Gasteiger partial charge on any atom is 0.230 e. The number of carbonyl (C=O) groups is 1. The van der Waals surface area contributed by atoms with Gasteiger partial charge in [-0.15, -0.1) is 11.3 Å². The second-order valence-electron chi connectivity index (χ2n) is 6.81. The van der Waals surface area contributed by atoms with E-state index in [4.69, 9.17) is 23.2 Å². The number of anilines is 1. The minimum Gasteiger partial charge on any atom is -0.302 e.